The number of hydrogen-bond acceptors (Lipinski definition) is 3. The van der Waals surface area contributed by atoms with Crippen molar-refractivity contribution in [3.05, 3.63) is 48.0 Å². The van der Waals surface area contributed by atoms with Gasteiger partial charge >= 0.3 is 0 Å². The molecule has 0 fully saturated rings. The van der Waals surface area contributed by atoms with Crippen molar-refractivity contribution in [2.45, 2.75) is 32.3 Å². The van der Waals surface area contributed by atoms with Gasteiger partial charge in [-0.3, -0.25) is 9.59 Å². The van der Waals surface area contributed by atoms with Crippen LogP contribution in [0.5, 0.6) is 0 Å². The third-order valence-electron chi connectivity index (χ3n) is 3.95. The summed E-state index contributed by atoms with van der Waals surface area (Å²) in [6, 6.07) is 13.8. The monoisotopic (exact) mass is 328 g/mol. The van der Waals surface area contributed by atoms with E-state index in [9.17, 15) is 14.7 Å². The van der Waals surface area contributed by atoms with Crippen LogP contribution in [-0.2, 0) is 16.0 Å². The molecule has 128 valence electrons. The highest BCUT2D eigenvalue weighted by Crippen LogP contribution is 2.18. The summed E-state index contributed by atoms with van der Waals surface area (Å²) in [4.78, 5) is 23.7. The van der Waals surface area contributed by atoms with Gasteiger partial charge in [0.15, 0.2) is 0 Å². The fourth-order valence-corrected chi connectivity index (χ4v) is 2.51. The third-order valence-corrected chi connectivity index (χ3v) is 3.95. The van der Waals surface area contributed by atoms with Gasteiger partial charge in [-0.05, 0) is 29.2 Å². The Morgan fingerprint density at radius 3 is 2.58 bits per heavy atom. The Morgan fingerprint density at radius 1 is 1.04 bits per heavy atom. The van der Waals surface area contributed by atoms with E-state index >= 15 is 0 Å². The molecule has 3 N–H and O–H groups in total. The summed E-state index contributed by atoms with van der Waals surface area (Å²) < 4.78 is 0. The molecule has 5 heteroatoms. The van der Waals surface area contributed by atoms with E-state index in [4.69, 9.17) is 0 Å². The second-order valence-corrected chi connectivity index (χ2v) is 5.79. The molecule has 0 heterocycles. The van der Waals surface area contributed by atoms with Crippen LogP contribution in [0.15, 0.2) is 42.5 Å². The molecule has 0 aromatic heterocycles. The van der Waals surface area contributed by atoms with Crippen molar-refractivity contribution in [2.75, 3.05) is 13.1 Å². The smallest absolute Gasteiger partial charge is 0.239 e. The van der Waals surface area contributed by atoms with Crippen molar-refractivity contribution in [1.29, 1.82) is 0 Å². The van der Waals surface area contributed by atoms with E-state index in [1.807, 2.05) is 49.4 Å². The van der Waals surface area contributed by atoms with Crippen molar-refractivity contribution in [1.82, 2.24) is 10.6 Å². The zero-order chi connectivity index (χ0) is 17.4. The van der Waals surface area contributed by atoms with Gasteiger partial charge < -0.3 is 15.7 Å². The first kappa shape index (κ1) is 17.9. The average molecular weight is 328 g/mol. The Kier molecular flexibility index (Phi) is 6.75. The van der Waals surface area contributed by atoms with Crippen molar-refractivity contribution >= 4 is 22.6 Å². The van der Waals surface area contributed by atoms with Gasteiger partial charge in [0.25, 0.3) is 0 Å². The molecule has 2 amide bonds. The molecular weight excluding hydrogens is 304 g/mol. The molecule has 0 spiro atoms. The molecule has 0 bridgehead atoms. The molecule has 2 aromatic rings. The van der Waals surface area contributed by atoms with Gasteiger partial charge in [0.2, 0.25) is 11.8 Å². The molecule has 0 saturated heterocycles. The maximum absolute atomic E-state index is 12.1. The van der Waals surface area contributed by atoms with Gasteiger partial charge in [0, 0.05) is 6.54 Å². The van der Waals surface area contributed by atoms with Crippen molar-refractivity contribution in [3.8, 4) is 0 Å². The first-order chi connectivity index (χ1) is 11.6. The van der Waals surface area contributed by atoms with Crippen LogP contribution in [0, 0.1) is 0 Å². The van der Waals surface area contributed by atoms with Crippen molar-refractivity contribution < 1.29 is 14.7 Å². The van der Waals surface area contributed by atoms with Gasteiger partial charge in [0.1, 0.15) is 0 Å². The molecule has 0 aliphatic carbocycles. The van der Waals surface area contributed by atoms with Gasteiger partial charge in [-0.2, -0.15) is 0 Å². The number of carbonyl (C=O) groups is 2. The fraction of sp³-hybridized carbons (Fsp3) is 0.368. The molecule has 0 aliphatic rings. The quantitative estimate of drug-likeness (QED) is 0.691. The molecule has 2 aromatic carbocycles. The first-order valence-electron chi connectivity index (χ1n) is 8.28. The molecular formula is C19H24N2O3. The normalized spacial score (nSPS) is 11.9. The summed E-state index contributed by atoms with van der Waals surface area (Å²) in [5, 5.41) is 16.9. The predicted octanol–water partition coefficient (Wildman–Crippen LogP) is 1.78. The Labute approximate surface area is 142 Å². The van der Waals surface area contributed by atoms with Crippen molar-refractivity contribution in [2.24, 2.45) is 0 Å². The van der Waals surface area contributed by atoms with E-state index < -0.39 is 6.10 Å². The summed E-state index contributed by atoms with van der Waals surface area (Å²) in [7, 11) is 0. The largest absolute Gasteiger partial charge is 0.393 e. The Hall–Kier alpha value is -2.40. The number of benzene rings is 2. The highest BCUT2D eigenvalue weighted by Gasteiger charge is 2.09. The lowest BCUT2D eigenvalue weighted by molar-refractivity contribution is -0.125. The van der Waals surface area contributed by atoms with E-state index in [1.165, 1.54) is 0 Å². The zero-order valence-corrected chi connectivity index (χ0v) is 13.9. The summed E-state index contributed by atoms with van der Waals surface area (Å²) in [6.07, 6.45) is 1.03. The van der Waals surface area contributed by atoms with Crippen LogP contribution in [0.1, 0.15) is 25.3 Å². The maximum Gasteiger partial charge on any atom is 0.239 e. The first-order valence-corrected chi connectivity index (χ1v) is 8.28. The lowest BCUT2D eigenvalue weighted by Crippen LogP contribution is -2.38. The number of nitrogens with one attached hydrogen (secondary N) is 2. The molecule has 24 heavy (non-hydrogen) atoms. The second kappa shape index (κ2) is 9.03. The minimum Gasteiger partial charge on any atom is -0.393 e. The van der Waals surface area contributed by atoms with E-state index in [1.54, 1.807) is 0 Å². The summed E-state index contributed by atoms with van der Waals surface area (Å²) in [6.45, 7) is 2.25. The van der Waals surface area contributed by atoms with E-state index in [-0.39, 0.29) is 24.8 Å². The minimum absolute atomic E-state index is 0.0498. The van der Waals surface area contributed by atoms with Crippen LogP contribution >= 0.6 is 0 Å². The van der Waals surface area contributed by atoms with Crippen LogP contribution in [-0.4, -0.2) is 36.1 Å². The summed E-state index contributed by atoms with van der Waals surface area (Å²) >= 11 is 0. The van der Waals surface area contributed by atoms with Crippen LogP contribution in [0.4, 0.5) is 0 Å². The number of fused-ring (bicyclic) bond motifs is 1. The molecule has 1 unspecified atom stereocenters. The van der Waals surface area contributed by atoms with Crippen LogP contribution in [0.3, 0.4) is 0 Å². The molecule has 5 nitrogen and oxygen atoms in total. The Balaban J connectivity index is 1.80. The van der Waals surface area contributed by atoms with Gasteiger partial charge in [0.05, 0.1) is 19.1 Å². The number of amides is 2. The molecule has 1 atom stereocenters. The van der Waals surface area contributed by atoms with E-state index in [2.05, 4.69) is 10.6 Å². The number of aliphatic hydroxyl groups excluding tert-OH is 1. The van der Waals surface area contributed by atoms with Crippen LogP contribution < -0.4 is 10.6 Å². The predicted molar refractivity (Wildman–Crippen MR) is 94.6 cm³/mol. The Morgan fingerprint density at radius 2 is 1.79 bits per heavy atom. The SMILES string of the molecule is CCC(O)CCNC(=O)CNC(=O)Cc1cccc2ccccc12. The highest BCUT2D eigenvalue weighted by atomic mass is 16.3. The van der Waals surface area contributed by atoms with Gasteiger partial charge in [-0.1, -0.05) is 49.4 Å². The standard InChI is InChI=1S/C19H24N2O3/c1-2-16(22)10-11-20-19(24)13-21-18(23)12-15-8-5-7-14-6-3-4-9-17(14)15/h3-9,16,22H,2,10-13H2,1H3,(H,20,24)(H,21,23). The lowest BCUT2D eigenvalue weighted by atomic mass is 10.0. The molecule has 0 saturated carbocycles. The minimum atomic E-state index is -0.397. The molecule has 2 rings (SSSR count). The number of hydrogen-bond donors (Lipinski definition) is 3. The third kappa shape index (κ3) is 5.35. The number of carbonyl (C=O) groups excluding carboxylic acids is 2. The van der Waals surface area contributed by atoms with Crippen molar-refractivity contribution in [3.63, 3.8) is 0 Å². The van der Waals surface area contributed by atoms with Gasteiger partial charge in [-0.25, -0.2) is 0 Å². The topological polar surface area (TPSA) is 78.4 Å². The average Bonchev–Trinajstić information content (AvgIpc) is 2.60. The zero-order valence-electron chi connectivity index (χ0n) is 13.9. The van der Waals surface area contributed by atoms with E-state index in [0.717, 1.165) is 16.3 Å². The van der Waals surface area contributed by atoms with E-state index in [0.29, 0.717) is 19.4 Å². The van der Waals surface area contributed by atoms with Crippen LogP contribution in [0.25, 0.3) is 10.8 Å². The molecule has 0 aliphatic heterocycles. The highest BCUT2D eigenvalue weighted by molar-refractivity contribution is 5.91. The summed E-state index contributed by atoms with van der Waals surface area (Å²) in [5.41, 5.74) is 0.942. The number of rotatable bonds is 8. The Bertz CT molecular complexity index is 695. The lowest BCUT2D eigenvalue weighted by Gasteiger charge is -2.10. The maximum atomic E-state index is 12.1. The fourth-order valence-electron chi connectivity index (χ4n) is 2.51. The molecule has 0 radical (unpaired) electrons. The van der Waals surface area contributed by atoms with Crippen LogP contribution in [0.2, 0.25) is 0 Å². The second-order valence-electron chi connectivity index (χ2n) is 5.79. The van der Waals surface area contributed by atoms with Gasteiger partial charge in [-0.15, -0.1) is 0 Å². The summed E-state index contributed by atoms with van der Waals surface area (Å²) in [5.74, 6) is -0.431. The number of aliphatic hydroxyl groups is 1.